The first-order valence-corrected chi connectivity index (χ1v) is 10.0. The molecular formula is C20H25N3O6S. The van der Waals surface area contributed by atoms with E-state index in [0.29, 0.717) is 25.3 Å². The molecule has 2 amide bonds. The standard InChI is InChI=1S/C20H25N3O6S/c1-3-4-11-29-16(24)12-15-18(26)21-9-10-23(15)20(30)22-17(25)13-5-7-14(8-6-13)19(27)28-2/h5-8,15H,3-4,9-12H2,1-2H3,(H,21,26)(H,22,25,30). The fraction of sp³-hybridized carbons (Fsp3) is 0.450. The van der Waals surface area contributed by atoms with Crippen molar-refractivity contribution in [1.82, 2.24) is 15.5 Å². The average molecular weight is 436 g/mol. The summed E-state index contributed by atoms with van der Waals surface area (Å²) in [6, 6.07) is 5.01. The van der Waals surface area contributed by atoms with E-state index in [0.717, 1.165) is 12.8 Å². The van der Waals surface area contributed by atoms with Gasteiger partial charge in [-0.1, -0.05) is 13.3 Å². The monoisotopic (exact) mass is 435 g/mol. The molecule has 1 aromatic carbocycles. The number of thiocarbonyl (C=S) groups is 1. The van der Waals surface area contributed by atoms with E-state index in [4.69, 9.17) is 17.0 Å². The number of esters is 2. The minimum atomic E-state index is -0.859. The zero-order chi connectivity index (χ0) is 22.1. The number of piperazine rings is 1. The van der Waals surface area contributed by atoms with Crippen LogP contribution in [0.4, 0.5) is 0 Å². The van der Waals surface area contributed by atoms with Gasteiger partial charge in [-0.05, 0) is 42.9 Å². The highest BCUT2D eigenvalue weighted by Gasteiger charge is 2.34. The lowest BCUT2D eigenvalue weighted by Gasteiger charge is -2.36. The zero-order valence-corrected chi connectivity index (χ0v) is 17.8. The van der Waals surface area contributed by atoms with Crippen molar-refractivity contribution in [1.29, 1.82) is 0 Å². The molecule has 0 bridgehead atoms. The van der Waals surface area contributed by atoms with Crippen LogP contribution in [-0.4, -0.2) is 66.6 Å². The lowest BCUT2D eigenvalue weighted by atomic mass is 10.1. The minimum Gasteiger partial charge on any atom is -0.466 e. The molecule has 1 unspecified atom stereocenters. The average Bonchev–Trinajstić information content (AvgIpc) is 2.74. The molecule has 9 nitrogen and oxygen atoms in total. The second-order valence-electron chi connectivity index (χ2n) is 6.61. The lowest BCUT2D eigenvalue weighted by Crippen LogP contribution is -2.60. The first-order valence-electron chi connectivity index (χ1n) is 9.61. The summed E-state index contributed by atoms with van der Waals surface area (Å²) in [7, 11) is 1.27. The van der Waals surface area contributed by atoms with Crippen LogP contribution < -0.4 is 10.6 Å². The molecule has 0 radical (unpaired) electrons. The Morgan fingerprint density at radius 1 is 1.23 bits per heavy atom. The molecule has 1 aromatic rings. The Hall–Kier alpha value is -3.01. The van der Waals surface area contributed by atoms with E-state index in [2.05, 4.69) is 15.4 Å². The van der Waals surface area contributed by atoms with Gasteiger partial charge in [-0.25, -0.2) is 4.79 Å². The summed E-state index contributed by atoms with van der Waals surface area (Å²) in [5.41, 5.74) is 0.591. The second kappa shape index (κ2) is 11.2. The second-order valence-corrected chi connectivity index (χ2v) is 6.99. The maximum absolute atomic E-state index is 12.5. The van der Waals surface area contributed by atoms with Gasteiger partial charge in [-0.2, -0.15) is 0 Å². The molecular weight excluding hydrogens is 410 g/mol. The maximum Gasteiger partial charge on any atom is 0.337 e. The first kappa shape index (κ1) is 23.3. The van der Waals surface area contributed by atoms with E-state index in [-0.39, 0.29) is 23.0 Å². The molecule has 0 aliphatic carbocycles. The number of rotatable bonds is 7. The van der Waals surface area contributed by atoms with Gasteiger partial charge >= 0.3 is 11.9 Å². The molecule has 1 aliphatic heterocycles. The molecule has 0 saturated carbocycles. The number of amides is 2. The molecule has 30 heavy (non-hydrogen) atoms. The topological polar surface area (TPSA) is 114 Å². The van der Waals surface area contributed by atoms with E-state index in [9.17, 15) is 19.2 Å². The van der Waals surface area contributed by atoms with Gasteiger partial charge in [-0.3, -0.25) is 19.7 Å². The number of unbranched alkanes of at least 4 members (excludes halogenated alkanes) is 1. The van der Waals surface area contributed by atoms with Gasteiger partial charge in [0.15, 0.2) is 5.11 Å². The predicted molar refractivity (Wildman–Crippen MR) is 112 cm³/mol. The van der Waals surface area contributed by atoms with E-state index in [1.54, 1.807) is 0 Å². The van der Waals surface area contributed by atoms with Crippen LogP contribution >= 0.6 is 12.2 Å². The quantitative estimate of drug-likeness (QED) is 0.371. The van der Waals surface area contributed by atoms with Crippen molar-refractivity contribution in [2.75, 3.05) is 26.8 Å². The molecule has 162 valence electrons. The van der Waals surface area contributed by atoms with Crippen LogP contribution in [0.15, 0.2) is 24.3 Å². The summed E-state index contributed by atoms with van der Waals surface area (Å²) in [6.07, 6.45) is 1.47. The van der Waals surface area contributed by atoms with Crippen LogP contribution in [0.25, 0.3) is 0 Å². The summed E-state index contributed by atoms with van der Waals surface area (Å²) >= 11 is 5.31. The molecule has 0 spiro atoms. The highest BCUT2D eigenvalue weighted by atomic mass is 32.1. The molecule has 1 atom stereocenters. The third-order valence-electron chi connectivity index (χ3n) is 4.50. The maximum atomic E-state index is 12.5. The fourth-order valence-electron chi connectivity index (χ4n) is 2.82. The number of benzene rings is 1. The van der Waals surface area contributed by atoms with E-state index in [1.807, 2.05) is 6.92 Å². The number of hydrogen-bond donors (Lipinski definition) is 2. The largest absolute Gasteiger partial charge is 0.466 e. The summed E-state index contributed by atoms with van der Waals surface area (Å²) in [5, 5.41) is 5.31. The molecule has 1 fully saturated rings. The van der Waals surface area contributed by atoms with Crippen LogP contribution in [0.2, 0.25) is 0 Å². The Labute approximate surface area is 180 Å². The SMILES string of the molecule is CCCCOC(=O)CC1C(=O)NCCN1C(=S)NC(=O)c1ccc(C(=O)OC)cc1. The predicted octanol–water partition coefficient (Wildman–Crippen LogP) is 1.02. The fourth-order valence-corrected chi connectivity index (χ4v) is 3.14. The minimum absolute atomic E-state index is 0.0400. The van der Waals surface area contributed by atoms with Crippen molar-refractivity contribution in [3.05, 3.63) is 35.4 Å². The third kappa shape index (κ3) is 6.24. The molecule has 0 aromatic heterocycles. The van der Waals surface area contributed by atoms with Crippen molar-refractivity contribution in [3.63, 3.8) is 0 Å². The molecule has 10 heteroatoms. The van der Waals surface area contributed by atoms with Crippen molar-refractivity contribution >= 4 is 41.1 Å². The molecule has 1 saturated heterocycles. The lowest BCUT2D eigenvalue weighted by molar-refractivity contribution is -0.147. The Balaban J connectivity index is 2.01. The van der Waals surface area contributed by atoms with E-state index >= 15 is 0 Å². The highest BCUT2D eigenvalue weighted by molar-refractivity contribution is 7.80. The van der Waals surface area contributed by atoms with Crippen LogP contribution in [-0.2, 0) is 19.1 Å². The van der Waals surface area contributed by atoms with Crippen LogP contribution in [0, 0.1) is 0 Å². The zero-order valence-electron chi connectivity index (χ0n) is 16.9. The molecule has 1 aliphatic rings. The van der Waals surface area contributed by atoms with Crippen LogP contribution in [0.5, 0.6) is 0 Å². The number of nitrogens with zero attached hydrogens (tertiary/aromatic N) is 1. The molecule has 2 N–H and O–H groups in total. The summed E-state index contributed by atoms with van der Waals surface area (Å²) in [4.78, 5) is 49.8. The van der Waals surface area contributed by atoms with Gasteiger partial charge in [0.05, 0.1) is 25.7 Å². The van der Waals surface area contributed by atoms with E-state index < -0.39 is 23.9 Å². The van der Waals surface area contributed by atoms with Crippen molar-refractivity contribution in [2.45, 2.75) is 32.2 Å². The Kier molecular flexibility index (Phi) is 8.72. The van der Waals surface area contributed by atoms with Gasteiger partial charge in [0.25, 0.3) is 5.91 Å². The third-order valence-corrected chi connectivity index (χ3v) is 4.84. The summed E-state index contributed by atoms with van der Waals surface area (Å²) in [5.74, 6) is -1.85. The normalized spacial score (nSPS) is 15.7. The summed E-state index contributed by atoms with van der Waals surface area (Å²) < 4.78 is 9.76. The molecule has 2 rings (SSSR count). The first-order chi connectivity index (χ1) is 14.4. The smallest absolute Gasteiger partial charge is 0.337 e. The Morgan fingerprint density at radius 3 is 2.53 bits per heavy atom. The van der Waals surface area contributed by atoms with Crippen LogP contribution in [0.1, 0.15) is 46.9 Å². The van der Waals surface area contributed by atoms with Crippen molar-refractivity contribution in [2.24, 2.45) is 0 Å². The van der Waals surface area contributed by atoms with E-state index in [1.165, 1.54) is 36.3 Å². The van der Waals surface area contributed by atoms with Gasteiger partial charge in [-0.15, -0.1) is 0 Å². The number of methoxy groups -OCH3 is 1. The van der Waals surface area contributed by atoms with Crippen molar-refractivity contribution in [3.8, 4) is 0 Å². The summed E-state index contributed by atoms with van der Waals surface area (Å²) in [6.45, 7) is 2.96. The number of nitrogens with one attached hydrogen (secondary N) is 2. The number of carbonyl (C=O) groups is 4. The van der Waals surface area contributed by atoms with Gasteiger partial charge in [0.2, 0.25) is 5.91 Å². The van der Waals surface area contributed by atoms with Gasteiger partial charge in [0.1, 0.15) is 6.04 Å². The Bertz CT molecular complexity index is 811. The molecule has 1 heterocycles. The van der Waals surface area contributed by atoms with Crippen molar-refractivity contribution < 1.29 is 28.7 Å². The van der Waals surface area contributed by atoms with Gasteiger partial charge < -0.3 is 19.7 Å². The highest BCUT2D eigenvalue weighted by Crippen LogP contribution is 2.12. The van der Waals surface area contributed by atoms with Crippen LogP contribution in [0.3, 0.4) is 0 Å². The number of ether oxygens (including phenoxy) is 2. The number of hydrogen-bond acceptors (Lipinski definition) is 7. The van der Waals surface area contributed by atoms with Gasteiger partial charge in [0, 0.05) is 18.7 Å². The number of carbonyl (C=O) groups excluding carboxylic acids is 4. The Morgan fingerprint density at radius 2 is 1.90 bits per heavy atom.